The maximum atomic E-state index is 12.0. The van der Waals surface area contributed by atoms with Crippen LogP contribution < -0.4 is 0 Å². The predicted octanol–water partition coefficient (Wildman–Crippen LogP) is 3.85. The first kappa shape index (κ1) is 14.7. The van der Waals surface area contributed by atoms with Gasteiger partial charge in [-0.3, -0.25) is 14.9 Å². The Bertz CT molecular complexity index is 723. The first-order valence-corrected chi connectivity index (χ1v) is 6.30. The number of aromatic hydroxyl groups is 1. The van der Waals surface area contributed by atoms with Gasteiger partial charge >= 0.3 is 0 Å². The second-order valence-corrected chi connectivity index (χ2v) is 4.64. The Labute approximate surface area is 125 Å². The molecule has 0 heterocycles. The van der Waals surface area contributed by atoms with E-state index < -0.39 is 10.7 Å². The lowest BCUT2D eigenvalue weighted by molar-refractivity contribution is -0.384. The van der Waals surface area contributed by atoms with Gasteiger partial charge in [0.05, 0.1) is 10.5 Å². The summed E-state index contributed by atoms with van der Waals surface area (Å²) in [5.41, 5.74) is 0.378. The van der Waals surface area contributed by atoms with Crippen molar-refractivity contribution in [1.82, 2.24) is 0 Å². The van der Waals surface area contributed by atoms with E-state index in [9.17, 15) is 20.0 Å². The molecule has 1 N–H and O–H groups in total. The number of phenolic OH excluding ortho intramolecular Hbond substituents is 1. The molecule has 0 aliphatic rings. The summed E-state index contributed by atoms with van der Waals surface area (Å²) in [4.78, 5) is 22.0. The minimum atomic E-state index is -0.626. The van der Waals surface area contributed by atoms with E-state index in [4.69, 9.17) is 11.6 Å². The van der Waals surface area contributed by atoms with Crippen molar-refractivity contribution in [3.63, 3.8) is 0 Å². The van der Waals surface area contributed by atoms with Crippen molar-refractivity contribution in [2.75, 3.05) is 0 Å². The number of ketones is 1. The zero-order valence-electron chi connectivity index (χ0n) is 10.7. The van der Waals surface area contributed by atoms with E-state index in [-0.39, 0.29) is 17.0 Å². The number of rotatable bonds is 4. The molecule has 106 valence electrons. The molecule has 0 unspecified atom stereocenters. The van der Waals surface area contributed by atoms with Crippen molar-refractivity contribution in [1.29, 1.82) is 0 Å². The number of non-ortho nitro benzene ring substituents is 1. The van der Waals surface area contributed by atoms with Crippen LogP contribution in [0.25, 0.3) is 6.08 Å². The molecule has 0 radical (unpaired) electrons. The number of hydrogen-bond acceptors (Lipinski definition) is 4. The number of halogens is 1. The smallest absolute Gasteiger partial charge is 0.270 e. The molecule has 2 aromatic rings. The van der Waals surface area contributed by atoms with E-state index in [2.05, 4.69) is 0 Å². The van der Waals surface area contributed by atoms with Gasteiger partial charge in [0.1, 0.15) is 5.75 Å². The number of nitro groups is 1. The highest BCUT2D eigenvalue weighted by atomic mass is 35.5. The number of nitrogens with zero attached hydrogens (tertiary/aromatic N) is 1. The lowest BCUT2D eigenvalue weighted by atomic mass is 10.1. The largest absolute Gasteiger partial charge is 0.507 e. The third-order valence-corrected chi connectivity index (χ3v) is 3.01. The Hall–Kier alpha value is -2.66. The number of carbonyl (C=O) groups is 1. The van der Waals surface area contributed by atoms with Crippen molar-refractivity contribution in [2.45, 2.75) is 0 Å². The van der Waals surface area contributed by atoms with Gasteiger partial charge < -0.3 is 5.11 Å². The van der Waals surface area contributed by atoms with Crippen LogP contribution in [0.3, 0.4) is 0 Å². The summed E-state index contributed by atoms with van der Waals surface area (Å²) in [6.45, 7) is 0. The Kier molecular flexibility index (Phi) is 4.35. The fraction of sp³-hybridized carbons (Fsp3) is 0. The van der Waals surface area contributed by atoms with Crippen LogP contribution in [0.15, 0.2) is 48.5 Å². The second-order valence-electron chi connectivity index (χ2n) is 4.21. The maximum Gasteiger partial charge on any atom is 0.270 e. The second kappa shape index (κ2) is 6.19. The average molecular weight is 304 g/mol. The summed E-state index contributed by atoms with van der Waals surface area (Å²) in [5.74, 6) is -0.822. The van der Waals surface area contributed by atoms with Gasteiger partial charge in [0.25, 0.3) is 5.69 Å². The van der Waals surface area contributed by atoms with Gasteiger partial charge in [-0.15, -0.1) is 0 Å². The molecule has 0 fully saturated rings. The number of allylic oxidation sites excluding steroid dienone is 1. The van der Waals surface area contributed by atoms with Crippen LogP contribution in [-0.2, 0) is 0 Å². The highest BCUT2D eigenvalue weighted by Gasteiger charge is 2.14. The number of carbonyl (C=O) groups excluding carboxylic acids is 1. The van der Waals surface area contributed by atoms with Gasteiger partial charge in [-0.1, -0.05) is 29.8 Å². The third-order valence-electron chi connectivity index (χ3n) is 2.75. The van der Waals surface area contributed by atoms with Crippen LogP contribution >= 0.6 is 11.6 Å². The molecular formula is C15H10ClNO4. The average Bonchev–Trinajstić information content (AvgIpc) is 2.46. The summed E-state index contributed by atoms with van der Waals surface area (Å²) < 4.78 is 0. The molecular weight excluding hydrogens is 294 g/mol. The van der Waals surface area contributed by atoms with E-state index in [1.54, 1.807) is 24.3 Å². The van der Waals surface area contributed by atoms with E-state index in [1.807, 2.05) is 0 Å². The Morgan fingerprint density at radius 1 is 1.19 bits per heavy atom. The molecule has 6 heteroatoms. The number of phenols is 1. The van der Waals surface area contributed by atoms with Crippen molar-refractivity contribution in [3.05, 3.63) is 74.8 Å². The van der Waals surface area contributed by atoms with Crippen molar-refractivity contribution < 1.29 is 14.8 Å². The van der Waals surface area contributed by atoms with Crippen molar-refractivity contribution >= 4 is 29.1 Å². The van der Waals surface area contributed by atoms with Gasteiger partial charge in [0.2, 0.25) is 0 Å². The normalized spacial score (nSPS) is 10.7. The Morgan fingerprint density at radius 2 is 1.86 bits per heavy atom. The number of nitro benzene ring substituents is 1. The molecule has 2 rings (SSSR count). The monoisotopic (exact) mass is 303 g/mol. The summed E-state index contributed by atoms with van der Waals surface area (Å²) >= 11 is 5.75. The molecule has 2 aromatic carbocycles. The van der Waals surface area contributed by atoms with E-state index in [1.165, 1.54) is 12.2 Å². The predicted molar refractivity (Wildman–Crippen MR) is 79.6 cm³/mol. The molecule has 0 saturated heterocycles. The lowest BCUT2D eigenvalue weighted by Crippen LogP contribution is -1.97. The fourth-order valence-corrected chi connectivity index (χ4v) is 1.80. The summed E-state index contributed by atoms with van der Waals surface area (Å²) in [6.07, 6.45) is 2.78. The zero-order valence-corrected chi connectivity index (χ0v) is 11.4. The van der Waals surface area contributed by atoms with Gasteiger partial charge in [0.15, 0.2) is 5.78 Å². The van der Waals surface area contributed by atoms with Crippen LogP contribution in [0.4, 0.5) is 5.69 Å². The van der Waals surface area contributed by atoms with Gasteiger partial charge in [-0.2, -0.15) is 0 Å². The molecule has 0 amide bonds. The van der Waals surface area contributed by atoms with Crippen molar-refractivity contribution in [2.24, 2.45) is 0 Å². The summed E-state index contributed by atoms with van der Waals surface area (Å²) in [7, 11) is 0. The first-order chi connectivity index (χ1) is 9.97. The molecule has 0 aliphatic carbocycles. The van der Waals surface area contributed by atoms with E-state index >= 15 is 0 Å². The van der Waals surface area contributed by atoms with Gasteiger partial charge in [-0.25, -0.2) is 0 Å². The van der Waals surface area contributed by atoms with Crippen LogP contribution in [0.5, 0.6) is 5.75 Å². The molecule has 0 spiro atoms. The van der Waals surface area contributed by atoms with Gasteiger partial charge in [0, 0.05) is 17.2 Å². The standard InChI is InChI=1S/C15H10ClNO4/c16-11-4-1-10(2-5-11)3-7-14(18)13-9-12(17(20)21)6-8-15(13)19/h1-9,19H. The summed E-state index contributed by atoms with van der Waals surface area (Å²) in [5, 5.41) is 20.9. The minimum absolute atomic E-state index is 0.116. The highest BCUT2D eigenvalue weighted by Crippen LogP contribution is 2.24. The van der Waals surface area contributed by atoms with E-state index in [0.717, 1.165) is 23.8 Å². The number of benzene rings is 2. The molecule has 0 bridgehead atoms. The molecule has 0 saturated carbocycles. The molecule has 0 atom stereocenters. The zero-order chi connectivity index (χ0) is 15.4. The fourth-order valence-electron chi connectivity index (χ4n) is 1.67. The maximum absolute atomic E-state index is 12.0. The van der Waals surface area contributed by atoms with E-state index in [0.29, 0.717) is 5.02 Å². The van der Waals surface area contributed by atoms with Crippen LogP contribution in [0.2, 0.25) is 5.02 Å². The van der Waals surface area contributed by atoms with Crippen LogP contribution in [0, 0.1) is 10.1 Å². The molecule has 21 heavy (non-hydrogen) atoms. The Balaban J connectivity index is 2.25. The Morgan fingerprint density at radius 3 is 2.48 bits per heavy atom. The molecule has 5 nitrogen and oxygen atoms in total. The number of hydrogen-bond donors (Lipinski definition) is 1. The SMILES string of the molecule is O=C(C=Cc1ccc(Cl)cc1)c1cc([N+](=O)[O-])ccc1O. The molecule has 0 aliphatic heterocycles. The topological polar surface area (TPSA) is 80.4 Å². The lowest BCUT2D eigenvalue weighted by Gasteiger charge is -2.00. The minimum Gasteiger partial charge on any atom is -0.507 e. The van der Waals surface area contributed by atoms with Crippen LogP contribution in [-0.4, -0.2) is 15.8 Å². The van der Waals surface area contributed by atoms with Gasteiger partial charge in [-0.05, 0) is 29.8 Å². The summed E-state index contributed by atoms with van der Waals surface area (Å²) in [6, 6.07) is 10.1. The first-order valence-electron chi connectivity index (χ1n) is 5.93. The molecule has 0 aromatic heterocycles. The third kappa shape index (κ3) is 3.67. The highest BCUT2D eigenvalue weighted by molar-refractivity contribution is 6.30. The van der Waals surface area contributed by atoms with Crippen molar-refractivity contribution in [3.8, 4) is 5.75 Å². The quantitative estimate of drug-likeness (QED) is 0.402. The van der Waals surface area contributed by atoms with Crippen LogP contribution in [0.1, 0.15) is 15.9 Å².